The lowest BCUT2D eigenvalue weighted by atomic mass is 9.93. The van der Waals surface area contributed by atoms with Crippen molar-refractivity contribution in [3.8, 4) is 0 Å². The maximum Gasteiger partial charge on any atom is 0.239 e. The number of amides is 1. The van der Waals surface area contributed by atoms with E-state index in [-0.39, 0.29) is 18.0 Å². The summed E-state index contributed by atoms with van der Waals surface area (Å²) in [6, 6.07) is 4.13. The largest absolute Gasteiger partial charge is 0.469 e. The third kappa shape index (κ3) is 3.35. The molecule has 18 heavy (non-hydrogen) atoms. The van der Waals surface area contributed by atoms with Gasteiger partial charge >= 0.3 is 0 Å². The average molecular weight is 250 g/mol. The molecule has 2 rings (SSSR count). The fourth-order valence-corrected chi connectivity index (χ4v) is 2.30. The van der Waals surface area contributed by atoms with E-state index in [1.807, 2.05) is 12.1 Å². The Kier molecular flexibility index (Phi) is 4.81. The highest BCUT2D eigenvalue weighted by atomic mass is 16.3. The number of nitrogens with one attached hydrogen (secondary N) is 2. The quantitative estimate of drug-likeness (QED) is 0.547. The lowest BCUT2D eigenvalue weighted by Gasteiger charge is -2.37. The second kappa shape index (κ2) is 6.59. The summed E-state index contributed by atoms with van der Waals surface area (Å²) in [6.07, 6.45) is 7.08. The molecule has 0 saturated carbocycles. The SMILES string of the molecule is CCCCCN[C@@H]1C(=O)N[C@@H]1CCc1ccco1. The zero-order valence-corrected chi connectivity index (χ0v) is 10.9. The lowest BCUT2D eigenvalue weighted by molar-refractivity contribution is -0.131. The molecule has 0 aliphatic carbocycles. The van der Waals surface area contributed by atoms with Gasteiger partial charge in [-0.25, -0.2) is 0 Å². The van der Waals surface area contributed by atoms with Gasteiger partial charge in [0.2, 0.25) is 5.91 Å². The summed E-state index contributed by atoms with van der Waals surface area (Å²) in [5.74, 6) is 1.12. The molecule has 0 spiro atoms. The number of β-lactam (4-membered cyclic amide) rings is 1. The van der Waals surface area contributed by atoms with Gasteiger partial charge in [-0.3, -0.25) is 4.79 Å². The van der Waals surface area contributed by atoms with E-state index in [4.69, 9.17) is 4.42 Å². The Morgan fingerprint density at radius 3 is 3.00 bits per heavy atom. The fourth-order valence-electron chi connectivity index (χ4n) is 2.30. The topological polar surface area (TPSA) is 54.3 Å². The summed E-state index contributed by atoms with van der Waals surface area (Å²) in [5, 5.41) is 6.29. The monoisotopic (exact) mass is 250 g/mol. The van der Waals surface area contributed by atoms with Crippen LogP contribution >= 0.6 is 0 Å². The van der Waals surface area contributed by atoms with Gasteiger partial charge in [0.05, 0.1) is 12.3 Å². The molecule has 0 unspecified atom stereocenters. The van der Waals surface area contributed by atoms with Gasteiger partial charge in [0.1, 0.15) is 11.8 Å². The van der Waals surface area contributed by atoms with E-state index in [2.05, 4.69) is 17.6 Å². The molecule has 1 amide bonds. The van der Waals surface area contributed by atoms with Crippen molar-refractivity contribution in [2.24, 2.45) is 0 Å². The Labute approximate surface area is 108 Å². The van der Waals surface area contributed by atoms with Gasteiger partial charge in [0.25, 0.3) is 0 Å². The molecule has 0 bridgehead atoms. The van der Waals surface area contributed by atoms with Crippen LogP contribution in [0.3, 0.4) is 0 Å². The highest BCUT2D eigenvalue weighted by Crippen LogP contribution is 2.14. The minimum Gasteiger partial charge on any atom is -0.469 e. The summed E-state index contributed by atoms with van der Waals surface area (Å²) in [4.78, 5) is 11.5. The van der Waals surface area contributed by atoms with Crippen LogP contribution in [0.25, 0.3) is 0 Å². The molecule has 1 aromatic rings. The van der Waals surface area contributed by atoms with E-state index < -0.39 is 0 Å². The minimum atomic E-state index is -0.00295. The Hall–Kier alpha value is -1.29. The number of unbranched alkanes of at least 4 members (excludes halogenated alkanes) is 2. The van der Waals surface area contributed by atoms with E-state index in [0.717, 1.165) is 31.6 Å². The van der Waals surface area contributed by atoms with E-state index >= 15 is 0 Å². The number of aryl methyl sites for hydroxylation is 1. The van der Waals surface area contributed by atoms with Crippen molar-refractivity contribution in [2.75, 3.05) is 6.54 Å². The predicted molar refractivity (Wildman–Crippen MR) is 70.3 cm³/mol. The van der Waals surface area contributed by atoms with Crippen LogP contribution in [-0.2, 0) is 11.2 Å². The summed E-state index contributed by atoms with van der Waals surface area (Å²) in [6.45, 7) is 3.12. The first-order chi connectivity index (χ1) is 8.81. The molecular formula is C14H22N2O2. The zero-order valence-electron chi connectivity index (χ0n) is 10.9. The van der Waals surface area contributed by atoms with Gasteiger partial charge in [0.15, 0.2) is 0 Å². The molecule has 1 aliphatic rings. The van der Waals surface area contributed by atoms with Gasteiger partial charge in [-0.05, 0) is 31.5 Å². The van der Waals surface area contributed by atoms with Crippen molar-refractivity contribution < 1.29 is 9.21 Å². The zero-order chi connectivity index (χ0) is 12.8. The average Bonchev–Trinajstić information content (AvgIpc) is 2.87. The fraction of sp³-hybridized carbons (Fsp3) is 0.643. The highest BCUT2D eigenvalue weighted by Gasteiger charge is 2.38. The van der Waals surface area contributed by atoms with Crippen LogP contribution in [0.1, 0.15) is 38.4 Å². The third-order valence-electron chi connectivity index (χ3n) is 3.44. The molecule has 2 atom stereocenters. The van der Waals surface area contributed by atoms with Crippen molar-refractivity contribution in [1.82, 2.24) is 10.6 Å². The van der Waals surface area contributed by atoms with Crippen molar-refractivity contribution in [1.29, 1.82) is 0 Å². The first-order valence-electron chi connectivity index (χ1n) is 6.87. The Morgan fingerprint density at radius 1 is 1.44 bits per heavy atom. The summed E-state index contributed by atoms with van der Waals surface area (Å²) < 4.78 is 5.29. The Balaban J connectivity index is 1.67. The molecule has 100 valence electrons. The molecule has 0 radical (unpaired) electrons. The van der Waals surface area contributed by atoms with Crippen LogP contribution in [0.15, 0.2) is 22.8 Å². The minimum absolute atomic E-state index is 0.00295. The third-order valence-corrected chi connectivity index (χ3v) is 3.44. The van der Waals surface area contributed by atoms with Crippen molar-refractivity contribution in [2.45, 2.75) is 51.1 Å². The van der Waals surface area contributed by atoms with Gasteiger partial charge in [-0.1, -0.05) is 19.8 Å². The summed E-state index contributed by atoms with van der Waals surface area (Å²) in [5.41, 5.74) is 0. The highest BCUT2D eigenvalue weighted by molar-refractivity contribution is 5.89. The van der Waals surface area contributed by atoms with Crippen molar-refractivity contribution in [3.05, 3.63) is 24.2 Å². The molecule has 1 aromatic heterocycles. The standard InChI is InChI=1S/C14H22N2O2/c1-2-3-4-9-15-13-12(16-14(13)17)8-7-11-6-5-10-18-11/h5-6,10,12-13,15H,2-4,7-9H2,1H3,(H,16,17)/t12-,13+/m1/s1. The van der Waals surface area contributed by atoms with Gasteiger partial charge in [-0.2, -0.15) is 0 Å². The number of furan rings is 1. The molecule has 1 saturated heterocycles. The van der Waals surface area contributed by atoms with Crippen LogP contribution in [0.2, 0.25) is 0 Å². The van der Waals surface area contributed by atoms with Crippen LogP contribution in [0, 0.1) is 0 Å². The van der Waals surface area contributed by atoms with Crippen LogP contribution in [-0.4, -0.2) is 24.5 Å². The van der Waals surface area contributed by atoms with Crippen LogP contribution < -0.4 is 10.6 Å². The first kappa shape index (κ1) is 13.1. The smallest absolute Gasteiger partial charge is 0.239 e. The lowest BCUT2D eigenvalue weighted by Crippen LogP contribution is -2.68. The first-order valence-corrected chi connectivity index (χ1v) is 6.87. The van der Waals surface area contributed by atoms with E-state index in [1.54, 1.807) is 6.26 Å². The number of rotatable bonds is 8. The van der Waals surface area contributed by atoms with Gasteiger partial charge in [0, 0.05) is 6.42 Å². The Morgan fingerprint density at radius 2 is 2.33 bits per heavy atom. The molecule has 4 nitrogen and oxygen atoms in total. The second-order valence-electron chi connectivity index (χ2n) is 4.87. The molecule has 1 fully saturated rings. The second-order valence-corrected chi connectivity index (χ2v) is 4.87. The normalized spacial score (nSPS) is 22.6. The molecular weight excluding hydrogens is 228 g/mol. The summed E-state index contributed by atoms with van der Waals surface area (Å²) in [7, 11) is 0. The van der Waals surface area contributed by atoms with Gasteiger partial charge < -0.3 is 15.1 Å². The summed E-state index contributed by atoms with van der Waals surface area (Å²) >= 11 is 0. The molecule has 1 aliphatic heterocycles. The van der Waals surface area contributed by atoms with E-state index in [9.17, 15) is 4.79 Å². The van der Waals surface area contributed by atoms with Crippen molar-refractivity contribution in [3.63, 3.8) is 0 Å². The number of carbonyl (C=O) groups is 1. The predicted octanol–water partition coefficient (Wildman–Crippen LogP) is 1.86. The maximum absolute atomic E-state index is 11.5. The van der Waals surface area contributed by atoms with Crippen LogP contribution in [0.5, 0.6) is 0 Å². The van der Waals surface area contributed by atoms with Crippen LogP contribution in [0.4, 0.5) is 0 Å². The van der Waals surface area contributed by atoms with E-state index in [0.29, 0.717) is 0 Å². The van der Waals surface area contributed by atoms with Gasteiger partial charge in [-0.15, -0.1) is 0 Å². The maximum atomic E-state index is 11.5. The Bertz CT molecular complexity index is 362. The molecule has 2 heterocycles. The molecule has 4 heteroatoms. The number of hydrogen-bond acceptors (Lipinski definition) is 3. The molecule has 0 aromatic carbocycles. The molecule has 2 N–H and O–H groups in total. The number of hydrogen-bond donors (Lipinski definition) is 2. The van der Waals surface area contributed by atoms with E-state index in [1.165, 1.54) is 12.8 Å². The number of carbonyl (C=O) groups excluding carboxylic acids is 1. The van der Waals surface area contributed by atoms with Crippen molar-refractivity contribution >= 4 is 5.91 Å².